The predicted octanol–water partition coefficient (Wildman–Crippen LogP) is 3.58. The van der Waals surface area contributed by atoms with Gasteiger partial charge >= 0.3 is 0 Å². The van der Waals surface area contributed by atoms with Gasteiger partial charge in [-0.05, 0) is 25.4 Å². The van der Waals surface area contributed by atoms with Gasteiger partial charge in [0, 0.05) is 11.1 Å². The van der Waals surface area contributed by atoms with Crippen molar-refractivity contribution >= 4 is 24.2 Å². The van der Waals surface area contributed by atoms with Gasteiger partial charge in [-0.2, -0.15) is 0 Å². The zero-order valence-corrected chi connectivity index (χ0v) is 11.7. The van der Waals surface area contributed by atoms with Crippen molar-refractivity contribution in [3.8, 4) is 0 Å². The molecule has 0 aromatic rings. The monoisotopic (exact) mass is 252 g/mol. The number of alkyl halides is 1. The summed E-state index contributed by atoms with van der Waals surface area (Å²) >= 11 is 3.50. The molecule has 0 saturated carbocycles. The highest BCUT2D eigenvalue weighted by molar-refractivity contribution is 9.09. The van der Waals surface area contributed by atoms with E-state index in [2.05, 4.69) is 56.7 Å². The van der Waals surface area contributed by atoms with Gasteiger partial charge in [0.2, 0.25) is 0 Å². The molecule has 0 fully saturated rings. The van der Waals surface area contributed by atoms with Crippen LogP contribution in [-0.4, -0.2) is 19.4 Å². The third-order valence-electron chi connectivity index (χ3n) is 2.04. The summed E-state index contributed by atoms with van der Waals surface area (Å²) in [5, 5.41) is 0. The summed E-state index contributed by atoms with van der Waals surface area (Å²) in [5.41, 5.74) is 0.256. The van der Waals surface area contributed by atoms with Gasteiger partial charge in [0.1, 0.15) is 0 Å². The summed E-state index contributed by atoms with van der Waals surface area (Å²) in [6.07, 6.45) is 0.344. The van der Waals surface area contributed by atoms with Crippen molar-refractivity contribution in [1.29, 1.82) is 0 Å². The third-order valence-corrected chi connectivity index (χ3v) is 7.72. The summed E-state index contributed by atoms with van der Waals surface area (Å²) in [7, 11) is -1.43. The molecule has 0 aromatic carbocycles. The van der Waals surface area contributed by atoms with Gasteiger partial charge < -0.3 is 4.43 Å². The van der Waals surface area contributed by atoms with E-state index in [1.165, 1.54) is 0 Å². The van der Waals surface area contributed by atoms with E-state index < -0.39 is 8.32 Å². The lowest BCUT2D eigenvalue weighted by molar-refractivity contribution is 0.0966. The zero-order valence-electron chi connectivity index (χ0n) is 9.07. The minimum absolute atomic E-state index is 0.256. The average Bonchev–Trinajstić information content (AvgIpc) is 1.85. The van der Waals surface area contributed by atoms with Crippen LogP contribution in [0, 0.1) is 5.41 Å². The molecule has 0 spiro atoms. The molecule has 74 valence electrons. The van der Waals surface area contributed by atoms with Crippen LogP contribution in [0.1, 0.15) is 27.7 Å². The Morgan fingerprint density at radius 1 is 1.33 bits per heavy atom. The van der Waals surface area contributed by atoms with Crippen LogP contribution >= 0.6 is 15.9 Å². The zero-order chi connectivity index (χ0) is 9.99. The maximum atomic E-state index is 6.04. The summed E-state index contributed by atoms with van der Waals surface area (Å²) < 4.78 is 6.04. The molecule has 12 heavy (non-hydrogen) atoms. The summed E-state index contributed by atoms with van der Waals surface area (Å²) in [4.78, 5) is 1.01. The second-order valence-electron chi connectivity index (χ2n) is 5.02. The lowest BCUT2D eigenvalue weighted by atomic mass is 9.91. The van der Waals surface area contributed by atoms with E-state index in [9.17, 15) is 0 Å². The molecule has 1 unspecified atom stereocenters. The van der Waals surface area contributed by atoms with Crippen LogP contribution in [-0.2, 0) is 4.43 Å². The van der Waals surface area contributed by atoms with Gasteiger partial charge in [-0.3, -0.25) is 0 Å². The van der Waals surface area contributed by atoms with E-state index in [1.807, 2.05) is 0 Å². The topological polar surface area (TPSA) is 9.23 Å². The van der Waals surface area contributed by atoms with E-state index in [0.717, 1.165) is 4.95 Å². The molecule has 0 amide bonds. The van der Waals surface area contributed by atoms with E-state index in [1.54, 1.807) is 0 Å². The van der Waals surface area contributed by atoms with Crippen LogP contribution in [0.5, 0.6) is 0 Å². The smallest absolute Gasteiger partial charge is 0.197 e. The lowest BCUT2D eigenvalue weighted by Gasteiger charge is -2.34. The van der Waals surface area contributed by atoms with E-state index in [0.29, 0.717) is 6.10 Å². The molecule has 3 heteroatoms. The first-order chi connectivity index (χ1) is 5.19. The van der Waals surface area contributed by atoms with Crippen LogP contribution in [0.15, 0.2) is 0 Å². The molecule has 0 bridgehead atoms. The largest absolute Gasteiger partial charge is 0.413 e. The van der Waals surface area contributed by atoms with E-state index >= 15 is 0 Å². The van der Waals surface area contributed by atoms with Crippen LogP contribution in [0.4, 0.5) is 0 Å². The van der Waals surface area contributed by atoms with Crippen LogP contribution in [0.3, 0.4) is 0 Å². The highest BCUT2D eigenvalue weighted by Crippen LogP contribution is 2.25. The van der Waals surface area contributed by atoms with Crippen molar-refractivity contribution in [1.82, 2.24) is 0 Å². The highest BCUT2D eigenvalue weighted by Gasteiger charge is 2.29. The van der Waals surface area contributed by atoms with Gasteiger partial charge in [0.15, 0.2) is 8.32 Å². The van der Waals surface area contributed by atoms with Crippen molar-refractivity contribution < 1.29 is 4.43 Å². The second kappa shape index (κ2) is 4.25. The molecule has 0 aromatic heterocycles. The molecule has 0 aliphatic rings. The first-order valence-corrected chi connectivity index (χ1v) is 8.66. The third kappa shape index (κ3) is 4.63. The summed E-state index contributed by atoms with van der Waals surface area (Å²) in [5.74, 6) is 0. The molecule has 1 atom stereocenters. The number of rotatable bonds is 3. The average molecular weight is 253 g/mol. The Bertz CT molecular complexity index is 140. The van der Waals surface area contributed by atoms with Crippen LogP contribution in [0.25, 0.3) is 0 Å². The molecule has 0 saturated heterocycles. The van der Waals surface area contributed by atoms with Crippen LogP contribution in [0.2, 0.25) is 13.1 Å². The Morgan fingerprint density at radius 3 is 2.00 bits per heavy atom. The normalized spacial score (nSPS) is 16.2. The van der Waals surface area contributed by atoms with E-state index in [-0.39, 0.29) is 5.41 Å². The molecule has 0 aliphatic heterocycles. The molecule has 1 nitrogen and oxygen atoms in total. The fourth-order valence-corrected chi connectivity index (χ4v) is 2.46. The fourth-order valence-electron chi connectivity index (χ4n) is 0.687. The molecule has 0 rings (SSSR count). The number of hydrogen-bond donors (Lipinski definition) is 0. The van der Waals surface area contributed by atoms with Gasteiger partial charge in [0.05, 0.1) is 0 Å². The van der Waals surface area contributed by atoms with Crippen molar-refractivity contribution in [3.63, 3.8) is 0 Å². The van der Waals surface area contributed by atoms with Gasteiger partial charge in [-0.1, -0.05) is 36.7 Å². The Labute approximate surface area is 86.1 Å². The minimum atomic E-state index is -1.43. The van der Waals surface area contributed by atoms with Crippen molar-refractivity contribution in [2.45, 2.75) is 46.9 Å². The minimum Gasteiger partial charge on any atom is -0.413 e. The van der Waals surface area contributed by atoms with Crippen molar-refractivity contribution in [2.24, 2.45) is 5.41 Å². The van der Waals surface area contributed by atoms with Gasteiger partial charge in [-0.15, -0.1) is 0 Å². The molecule has 0 radical (unpaired) electrons. The molecular weight excluding hydrogens is 232 g/mol. The quantitative estimate of drug-likeness (QED) is 0.552. The Balaban J connectivity index is 4.09. The molecular formula is C9H21BrOSi. The Kier molecular flexibility index (Phi) is 4.48. The SMILES string of the molecule is CC(O[Si](C)(C)CBr)C(C)(C)C. The molecule has 0 heterocycles. The molecule has 0 aliphatic carbocycles. The number of hydrogen-bond acceptors (Lipinski definition) is 1. The van der Waals surface area contributed by atoms with Gasteiger partial charge in [0.25, 0.3) is 0 Å². The summed E-state index contributed by atoms with van der Waals surface area (Å²) in [6, 6.07) is 0. The van der Waals surface area contributed by atoms with Crippen molar-refractivity contribution in [3.05, 3.63) is 0 Å². The van der Waals surface area contributed by atoms with E-state index in [4.69, 9.17) is 4.43 Å². The lowest BCUT2D eigenvalue weighted by Crippen LogP contribution is -2.41. The second-order valence-corrected chi connectivity index (χ2v) is 10.7. The first-order valence-electron chi connectivity index (χ1n) is 4.43. The fraction of sp³-hybridized carbons (Fsp3) is 1.00. The summed E-state index contributed by atoms with van der Waals surface area (Å²) in [6.45, 7) is 13.3. The molecule has 0 N–H and O–H groups in total. The first kappa shape index (κ1) is 12.7. The maximum absolute atomic E-state index is 6.04. The maximum Gasteiger partial charge on any atom is 0.197 e. The number of halogens is 1. The highest BCUT2D eigenvalue weighted by atomic mass is 79.9. The Morgan fingerprint density at radius 2 is 1.75 bits per heavy atom. The predicted molar refractivity (Wildman–Crippen MR) is 61.3 cm³/mol. The standard InChI is InChI=1S/C9H21BrOSi/c1-8(9(2,3)4)11-12(5,6)7-10/h8H,7H2,1-6H3. The van der Waals surface area contributed by atoms with Gasteiger partial charge in [-0.25, -0.2) is 0 Å². The van der Waals surface area contributed by atoms with Crippen LogP contribution < -0.4 is 0 Å². The Hall–Kier alpha value is 0.657. The van der Waals surface area contributed by atoms with Crippen molar-refractivity contribution in [2.75, 3.05) is 4.95 Å².